The molecule has 1 aromatic heterocycles. The van der Waals surface area contributed by atoms with Gasteiger partial charge in [0.1, 0.15) is 5.82 Å². The lowest BCUT2D eigenvalue weighted by Gasteiger charge is -2.31. The molecule has 3 rings (SSSR count). The van der Waals surface area contributed by atoms with Gasteiger partial charge in [0.25, 0.3) is 0 Å². The van der Waals surface area contributed by atoms with Crippen molar-refractivity contribution in [3.8, 4) is 5.88 Å². The molecule has 0 aliphatic carbocycles. The van der Waals surface area contributed by atoms with E-state index in [4.69, 9.17) is 4.74 Å². The molecule has 1 fully saturated rings. The van der Waals surface area contributed by atoms with Crippen molar-refractivity contribution in [3.63, 3.8) is 0 Å². The highest BCUT2D eigenvalue weighted by Crippen LogP contribution is 2.21. The zero-order chi connectivity index (χ0) is 16.1. The molecule has 1 saturated heterocycles. The number of benzene rings is 1. The monoisotopic (exact) mass is 315 g/mol. The molecular formula is C18H22FN3O. The fraction of sp³-hybridized carbons (Fsp3) is 0.444. The Morgan fingerprint density at radius 3 is 2.52 bits per heavy atom. The topological polar surface area (TPSA) is 38.3 Å². The summed E-state index contributed by atoms with van der Waals surface area (Å²) in [7, 11) is 0. The molecule has 5 heteroatoms. The van der Waals surface area contributed by atoms with Gasteiger partial charge in [-0.2, -0.15) is 0 Å². The molecule has 122 valence electrons. The van der Waals surface area contributed by atoms with E-state index in [-0.39, 0.29) is 5.82 Å². The van der Waals surface area contributed by atoms with Crippen LogP contribution in [0, 0.1) is 18.7 Å². The molecule has 0 N–H and O–H groups in total. The maximum absolute atomic E-state index is 12.9. The van der Waals surface area contributed by atoms with E-state index in [0.717, 1.165) is 43.7 Å². The smallest absolute Gasteiger partial charge is 0.235 e. The van der Waals surface area contributed by atoms with Crippen molar-refractivity contribution < 1.29 is 9.13 Å². The van der Waals surface area contributed by atoms with Gasteiger partial charge in [-0.15, -0.1) is 0 Å². The van der Waals surface area contributed by atoms with Gasteiger partial charge in [0, 0.05) is 18.9 Å². The van der Waals surface area contributed by atoms with Crippen molar-refractivity contribution in [2.24, 2.45) is 5.92 Å². The molecule has 0 unspecified atom stereocenters. The summed E-state index contributed by atoms with van der Waals surface area (Å²) >= 11 is 0. The Morgan fingerprint density at radius 2 is 1.83 bits per heavy atom. The second kappa shape index (κ2) is 7.51. The maximum atomic E-state index is 12.9. The minimum atomic E-state index is -0.177. The summed E-state index contributed by atoms with van der Waals surface area (Å²) in [6.45, 7) is 5.59. The van der Waals surface area contributed by atoms with Crippen LogP contribution in [0.2, 0.25) is 0 Å². The molecule has 23 heavy (non-hydrogen) atoms. The predicted molar refractivity (Wildman–Crippen MR) is 86.7 cm³/mol. The number of aryl methyl sites for hydroxylation is 1. The molecule has 0 atom stereocenters. The first-order valence-corrected chi connectivity index (χ1v) is 8.08. The number of rotatable bonds is 5. The molecule has 0 saturated carbocycles. The summed E-state index contributed by atoms with van der Waals surface area (Å²) in [5.74, 6) is 1.02. The Kier molecular flexibility index (Phi) is 5.18. The van der Waals surface area contributed by atoms with Crippen LogP contribution in [0.3, 0.4) is 0 Å². The van der Waals surface area contributed by atoms with Crippen LogP contribution in [0.4, 0.5) is 4.39 Å². The van der Waals surface area contributed by atoms with E-state index in [9.17, 15) is 4.39 Å². The third kappa shape index (κ3) is 4.48. The molecule has 2 aromatic rings. The first kappa shape index (κ1) is 15.9. The largest absolute Gasteiger partial charge is 0.476 e. The van der Waals surface area contributed by atoms with E-state index in [2.05, 4.69) is 14.9 Å². The van der Waals surface area contributed by atoms with Crippen LogP contribution >= 0.6 is 0 Å². The second-order valence-corrected chi connectivity index (χ2v) is 6.10. The van der Waals surface area contributed by atoms with E-state index >= 15 is 0 Å². The van der Waals surface area contributed by atoms with Crippen LogP contribution in [0.1, 0.15) is 24.1 Å². The number of hydrogen-bond acceptors (Lipinski definition) is 4. The first-order valence-electron chi connectivity index (χ1n) is 8.08. The Bertz CT molecular complexity index is 624. The number of likely N-dealkylation sites (tertiary alicyclic amines) is 1. The number of piperidine rings is 1. The third-order valence-corrected chi connectivity index (χ3v) is 4.32. The zero-order valence-corrected chi connectivity index (χ0v) is 13.4. The average molecular weight is 315 g/mol. The Morgan fingerprint density at radius 1 is 1.13 bits per heavy atom. The lowest BCUT2D eigenvalue weighted by atomic mass is 9.97. The summed E-state index contributed by atoms with van der Waals surface area (Å²) in [5.41, 5.74) is 2.00. The van der Waals surface area contributed by atoms with Gasteiger partial charge in [-0.05, 0) is 56.5 Å². The van der Waals surface area contributed by atoms with Gasteiger partial charge in [0.2, 0.25) is 5.88 Å². The van der Waals surface area contributed by atoms with Gasteiger partial charge in [-0.25, -0.2) is 9.37 Å². The van der Waals surface area contributed by atoms with Crippen molar-refractivity contribution in [2.75, 3.05) is 19.7 Å². The van der Waals surface area contributed by atoms with Gasteiger partial charge in [0.15, 0.2) is 0 Å². The summed E-state index contributed by atoms with van der Waals surface area (Å²) in [6, 6.07) is 6.78. The van der Waals surface area contributed by atoms with Crippen molar-refractivity contribution in [2.45, 2.75) is 26.3 Å². The van der Waals surface area contributed by atoms with Gasteiger partial charge in [-0.1, -0.05) is 12.1 Å². The SMILES string of the molecule is Cc1nccnc1OCC1CCN(Cc2ccc(F)cc2)CC1. The zero-order valence-electron chi connectivity index (χ0n) is 13.4. The van der Waals surface area contributed by atoms with Crippen LogP contribution in [0.25, 0.3) is 0 Å². The molecule has 1 aliphatic heterocycles. The molecule has 1 aromatic carbocycles. The standard InChI is InChI=1S/C18H22FN3O/c1-14-18(21-9-8-20-14)23-13-16-6-10-22(11-7-16)12-15-2-4-17(19)5-3-15/h2-5,8-9,16H,6-7,10-13H2,1H3. The average Bonchev–Trinajstić information content (AvgIpc) is 2.58. The fourth-order valence-corrected chi connectivity index (χ4v) is 2.89. The highest BCUT2D eigenvalue weighted by molar-refractivity contribution is 5.16. The molecule has 2 heterocycles. The van der Waals surface area contributed by atoms with Crippen LogP contribution in [-0.2, 0) is 6.54 Å². The third-order valence-electron chi connectivity index (χ3n) is 4.32. The molecule has 1 aliphatic rings. The lowest BCUT2D eigenvalue weighted by Crippen LogP contribution is -2.35. The minimum absolute atomic E-state index is 0.177. The van der Waals surface area contributed by atoms with Crippen molar-refractivity contribution >= 4 is 0 Å². The maximum Gasteiger partial charge on any atom is 0.235 e. The molecular weight excluding hydrogens is 293 g/mol. The normalized spacial score (nSPS) is 16.4. The summed E-state index contributed by atoms with van der Waals surface area (Å²) in [5, 5.41) is 0. The van der Waals surface area contributed by atoms with Crippen LogP contribution in [0.5, 0.6) is 5.88 Å². The fourth-order valence-electron chi connectivity index (χ4n) is 2.89. The summed E-state index contributed by atoms with van der Waals surface area (Å²) in [4.78, 5) is 10.8. The van der Waals surface area contributed by atoms with E-state index in [1.807, 2.05) is 19.1 Å². The summed E-state index contributed by atoms with van der Waals surface area (Å²) < 4.78 is 18.7. The molecule has 0 spiro atoms. The van der Waals surface area contributed by atoms with Crippen LogP contribution < -0.4 is 4.74 Å². The van der Waals surface area contributed by atoms with Crippen molar-refractivity contribution in [3.05, 3.63) is 53.7 Å². The highest BCUT2D eigenvalue weighted by atomic mass is 19.1. The van der Waals surface area contributed by atoms with E-state index in [0.29, 0.717) is 18.4 Å². The van der Waals surface area contributed by atoms with Gasteiger partial charge in [-0.3, -0.25) is 9.88 Å². The van der Waals surface area contributed by atoms with Crippen molar-refractivity contribution in [1.29, 1.82) is 0 Å². The second-order valence-electron chi connectivity index (χ2n) is 6.10. The van der Waals surface area contributed by atoms with Gasteiger partial charge in [0.05, 0.1) is 12.3 Å². The molecule has 0 radical (unpaired) electrons. The van der Waals surface area contributed by atoms with Crippen LogP contribution in [-0.4, -0.2) is 34.6 Å². The number of nitrogens with zero attached hydrogens (tertiary/aromatic N) is 3. The Labute approximate surface area is 136 Å². The first-order chi connectivity index (χ1) is 11.2. The minimum Gasteiger partial charge on any atom is -0.476 e. The number of hydrogen-bond donors (Lipinski definition) is 0. The molecule has 4 nitrogen and oxygen atoms in total. The van der Waals surface area contributed by atoms with Gasteiger partial charge < -0.3 is 4.74 Å². The quantitative estimate of drug-likeness (QED) is 0.849. The number of halogens is 1. The van der Waals surface area contributed by atoms with E-state index < -0.39 is 0 Å². The highest BCUT2D eigenvalue weighted by Gasteiger charge is 2.20. The lowest BCUT2D eigenvalue weighted by molar-refractivity contribution is 0.134. The van der Waals surface area contributed by atoms with Gasteiger partial charge >= 0.3 is 0 Å². The van der Waals surface area contributed by atoms with E-state index in [1.165, 1.54) is 12.1 Å². The number of aromatic nitrogens is 2. The molecule has 0 bridgehead atoms. The van der Waals surface area contributed by atoms with Crippen LogP contribution in [0.15, 0.2) is 36.7 Å². The Hall–Kier alpha value is -2.01. The Balaban J connectivity index is 1.43. The number of ether oxygens (including phenoxy) is 1. The van der Waals surface area contributed by atoms with E-state index in [1.54, 1.807) is 12.4 Å². The van der Waals surface area contributed by atoms with Crippen molar-refractivity contribution in [1.82, 2.24) is 14.9 Å². The predicted octanol–water partition coefficient (Wildman–Crippen LogP) is 3.22. The summed E-state index contributed by atoms with van der Waals surface area (Å²) in [6.07, 6.45) is 5.56. The molecule has 0 amide bonds.